The lowest BCUT2D eigenvalue weighted by Gasteiger charge is -2.17. The molecule has 1 aliphatic heterocycles. The number of fused-ring (bicyclic) bond motifs is 1. The molecule has 1 heterocycles. The number of ether oxygens (including phenoxy) is 2. The Bertz CT molecular complexity index is 840. The van der Waals surface area contributed by atoms with Crippen LogP contribution in [0.1, 0.15) is 26.3 Å². The molecule has 128 valence electrons. The van der Waals surface area contributed by atoms with Crippen LogP contribution in [0, 0.1) is 0 Å². The van der Waals surface area contributed by atoms with E-state index in [2.05, 4.69) is 0 Å². The minimum absolute atomic E-state index is 0.168. The normalized spacial score (nSPS) is 13.9. The first kappa shape index (κ1) is 16.7. The second kappa shape index (κ2) is 6.76. The first-order valence-electron chi connectivity index (χ1n) is 7.57. The second-order valence-electron chi connectivity index (χ2n) is 5.45. The predicted octanol–water partition coefficient (Wildman–Crippen LogP) is 3.31. The van der Waals surface area contributed by atoms with E-state index in [1.165, 1.54) is 14.2 Å². The summed E-state index contributed by atoms with van der Waals surface area (Å²) in [5, 5.41) is 0. The van der Waals surface area contributed by atoms with Crippen LogP contribution in [0.5, 0.6) is 11.5 Å². The van der Waals surface area contributed by atoms with Gasteiger partial charge in [-0.3, -0.25) is 14.5 Å². The molecule has 2 aromatic carbocycles. The van der Waals surface area contributed by atoms with Gasteiger partial charge in [0.25, 0.3) is 11.8 Å². The van der Waals surface area contributed by atoms with Gasteiger partial charge in [0.15, 0.2) is 11.5 Å². The fraction of sp³-hybridized carbons (Fsp3) is 0.158. The smallest absolute Gasteiger partial charge is 0.261 e. The molecule has 25 heavy (non-hydrogen) atoms. The first-order chi connectivity index (χ1) is 12.1. The summed E-state index contributed by atoms with van der Waals surface area (Å²) >= 11 is 0. The number of benzene rings is 2. The molecule has 0 spiro atoms. The molecule has 0 N–H and O–H groups in total. The zero-order valence-corrected chi connectivity index (χ0v) is 13.8. The number of carbonyl (C=O) groups is 2. The quantitative estimate of drug-likeness (QED) is 0.783. The maximum atomic E-state index is 13.5. The fourth-order valence-corrected chi connectivity index (χ4v) is 2.78. The number of carbonyl (C=O) groups excluding carboxylic acids is 2. The molecule has 0 atom stereocenters. The van der Waals surface area contributed by atoms with Gasteiger partial charge in [0.2, 0.25) is 0 Å². The van der Waals surface area contributed by atoms with Gasteiger partial charge in [-0.05, 0) is 29.8 Å². The topological polar surface area (TPSA) is 55.8 Å². The largest absolute Gasteiger partial charge is 0.493 e. The van der Waals surface area contributed by atoms with Crippen LogP contribution in [0.4, 0.5) is 4.39 Å². The summed E-state index contributed by atoms with van der Waals surface area (Å²) < 4.78 is 23.9. The molecule has 0 saturated heterocycles. The molecule has 0 radical (unpaired) electrons. The summed E-state index contributed by atoms with van der Waals surface area (Å²) in [6, 6.07) is 11.4. The molecule has 2 amide bonds. The third-order valence-electron chi connectivity index (χ3n) is 4.09. The molecular weight excluding hydrogens is 325 g/mol. The van der Waals surface area contributed by atoms with E-state index in [0.717, 1.165) is 4.90 Å². The summed E-state index contributed by atoms with van der Waals surface area (Å²) in [6.07, 6.45) is 0.394. The Balaban J connectivity index is 1.90. The van der Waals surface area contributed by atoms with Crippen LogP contribution in [0.25, 0.3) is 5.57 Å². The zero-order valence-electron chi connectivity index (χ0n) is 13.8. The number of rotatable bonds is 5. The van der Waals surface area contributed by atoms with Gasteiger partial charge in [0, 0.05) is 5.57 Å². The van der Waals surface area contributed by atoms with Crippen molar-refractivity contribution in [2.24, 2.45) is 0 Å². The number of halogens is 1. The van der Waals surface area contributed by atoms with Crippen molar-refractivity contribution >= 4 is 17.4 Å². The lowest BCUT2D eigenvalue weighted by atomic mass is 10.1. The molecule has 0 fully saturated rings. The molecule has 0 bridgehead atoms. The highest BCUT2D eigenvalue weighted by molar-refractivity contribution is 6.21. The Hall–Kier alpha value is -3.15. The second-order valence-corrected chi connectivity index (χ2v) is 5.45. The van der Waals surface area contributed by atoms with Crippen LogP contribution in [-0.2, 0) is 0 Å². The minimum Gasteiger partial charge on any atom is -0.493 e. The van der Waals surface area contributed by atoms with Gasteiger partial charge in [-0.1, -0.05) is 18.2 Å². The molecule has 0 unspecified atom stereocenters. The maximum absolute atomic E-state index is 13.5. The van der Waals surface area contributed by atoms with E-state index in [9.17, 15) is 14.0 Å². The van der Waals surface area contributed by atoms with Gasteiger partial charge in [0.05, 0.1) is 38.2 Å². The third kappa shape index (κ3) is 2.87. The molecule has 0 saturated carbocycles. The summed E-state index contributed by atoms with van der Waals surface area (Å²) in [5.74, 6) is 0.0766. The number of hydrogen-bond acceptors (Lipinski definition) is 4. The summed E-state index contributed by atoms with van der Waals surface area (Å²) in [5.41, 5.74) is 1.35. The van der Waals surface area contributed by atoms with E-state index < -0.39 is 11.8 Å². The number of nitrogens with zero attached hydrogens (tertiary/aromatic N) is 1. The lowest BCUT2D eigenvalue weighted by molar-refractivity contribution is 0.0674. The Morgan fingerprint density at radius 3 is 2.12 bits per heavy atom. The highest BCUT2D eigenvalue weighted by Gasteiger charge is 2.35. The number of hydrogen-bond donors (Lipinski definition) is 0. The monoisotopic (exact) mass is 341 g/mol. The van der Waals surface area contributed by atoms with E-state index >= 15 is 0 Å². The van der Waals surface area contributed by atoms with Crippen LogP contribution >= 0.6 is 0 Å². The van der Waals surface area contributed by atoms with Crippen LogP contribution < -0.4 is 9.47 Å². The van der Waals surface area contributed by atoms with E-state index in [0.29, 0.717) is 34.5 Å². The van der Waals surface area contributed by atoms with E-state index in [1.807, 2.05) is 0 Å². The van der Waals surface area contributed by atoms with Crippen molar-refractivity contribution in [3.63, 3.8) is 0 Å². The average Bonchev–Trinajstić information content (AvgIpc) is 2.90. The van der Waals surface area contributed by atoms with Crippen molar-refractivity contribution in [2.75, 3.05) is 20.8 Å². The van der Waals surface area contributed by atoms with E-state index in [-0.39, 0.29) is 12.1 Å². The fourth-order valence-electron chi connectivity index (χ4n) is 2.78. The Morgan fingerprint density at radius 1 is 1.00 bits per heavy atom. The van der Waals surface area contributed by atoms with Crippen molar-refractivity contribution in [2.45, 2.75) is 0 Å². The van der Waals surface area contributed by atoms with Crippen molar-refractivity contribution in [3.8, 4) is 11.5 Å². The molecule has 5 nitrogen and oxygen atoms in total. The van der Waals surface area contributed by atoms with Gasteiger partial charge >= 0.3 is 0 Å². The van der Waals surface area contributed by atoms with Gasteiger partial charge in [-0.25, -0.2) is 4.39 Å². The van der Waals surface area contributed by atoms with Gasteiger partial charge in [-0.2, -0.15) is 0 Å². The lowest BCUT2D eigenvalue weighted by Crippen LogP contribution is -2.31. The Kier molecular flexibility index (Phi) is 4.52. The molecule has 1 aliphatic rings. The van der Waals surface area contributed by atoms with Crippen LogP contribution in [0.2, 0.25) is 0 Å². The van der Waals surface area contributed by atoms with Crippen LogP contribution in [-0.4, -0.2) is 37.5 Å². The van der Waals surface area contributed by atoms with E-state index in [4.69, 9.17) is 9.47 Å². The summed E-state index contributed by atoms with van der Waals surface area (Å²) in [6.45, 7) is -0.168. The van der Waals surface area contributed by atoms with Crippen molar-refractivity contribution in [3.05, 3.63) is 65.5 Å². The average molecular weight is 341 g/mol. The van der Waals surface area contributed by atoms with Gasteiger partial charge in [-0.15, -0.1) is 0 Å². The van der Waals surface area contributed by atoms with Crippen LogP contribution in [0.15, 0.2) is 48.8 Å². The highest BCUT2D eigenvalue weighted by Crippen LogP contribution is 2.32. The summed E-state index contributed by atoms with van der Waals surface area (Å²) in [7, 11) is 2.98. The molecule has 6 heteroatoms. The minimum atomic E-state index is -0.430. The molecule has 0 aromatic heterocycles. The van der Waals surface area contributed by atoms with Crippen molar-refractivity contribution in [1.29, 1.82) is 0 Å². The van der Waals surface area contributed by atoms with E-state index in [1.54, 1.807) is 42.5 Å². The zero-order chi connectivity index (χ0) is 18.0. The van der Waals surface area contributed by atoms with Crippen molar-refractivity contribution in [1.82, 2.24) is 4.90 Å². The van der Waals surface area contributed by atoms with Crippen LogP contribution in [0.3, 0.4) is 0 Å². The Morgan fingerprint density at radius 2 is 1.60 bits per heavy atom. The predicted molar refractivity (Wildman–Crippen MR) is 90.4 cm³/mol. The van der Waals surface area contributed by atoms with Crippen molar-refractivity contribution < 1.29 is 23.5 Å². The number of imide groups is 1. The Labute approximate surface area is 144 Å². The van der Waals surface area contributed by atoms with Gasteiger partial charge in [0.1, 0.15) is 0 Å². The highest BCUT2D eigenvalue weighted by atomic mass is 19.1. The SMILES string of the molecule is COc1ccc(/C(=C\F)CN2C(=O)c3ccccc3C2=O)cc1OC. The summed E-state index contributed by atoms with van der Waals surface area (Å²) in [4.78, 5) is 25.9. The number of methoxy groups -OCH3 is 2. The number of amides is 2. The molecule has 2 aromatic rings. The maximum Gasteiger partial charge on any atom is 0.261 e. The molecule has 0 aliphatic carbocycles. The molecular formula is C19H16FNO4. The standard InChI is InChI=1S/C19H16FNO4/c1-24-16-8-7-12(9-17(16)25-2)13(10-20)11-21-18(22)14-5-3-4-6-15(14)19(21)23/h3-10H,11H2,1-2H3/b13-10-. The molecule has 3 rings (SSSR count). The van der Waals surface area contributed by atoms with Gasteiger partial charge < -0.3 is 9.47 Å². The third-order valence-corrected chi connectivity index (χ3v) is 4.09. The first-order valence-corrected chi connectivity index (χ1v) is 7.57.